The average molecular weight is 202 g/mol. The van der Waals surface area contributed by atoms with E-state index in [0.29, 0.717) is 13.2 Å². The molecule has 0 aromatic carbocycles. The molecule has 6 heteroatoms. The minimum Gasteiger partial charge on any atom is -0.480 e. The van der Waals surface area contributed by atoms with Gasteiger partial charge in [-0.15, -0.1) is 0 Å². The van der Waals surface area contributed by atoms with Gasteiger partial charge < -0.3 is 19.6 Å². The molecule has 0 amide bonds. The molecule has 1 aromatic heterocycles. The Bertz CT molecular complexity index is 196. The molecule has 1 rings (SSSR count). The van der Waals surface area contributed by atoms with Crippen LogP contribution < -0.4 is 0 Å². The summed E-state index contributed by atoms with van der Waals surface area (Å²) in [6.07, 6.45) is 5.08. The van der Waals surface area contributed by atoms with E-state index in [-0.39, 0.29) is 6.61 Å². The molecule has 0 aliphatic heterocycles. The lowest BCUT2D eigenvalue weighted by Crippen LogP contribution is -2.10. The van der Waals surface area contributed by atoms with Gasteiger partial charge >= 0.3 is 5.97 Å². The molecular weight excluding hydrogens is 188 g/mol. The third-order valence-corrected chi connectivity index (χ3v) is 1.06. The van der Waals surface area contributed by atoms with Gasteiger partial charge in [0.1, 0.15) is 6.61 Å². The number of hydrogen-bond acceptors (Lipinski definition) is 4. The highest BCUT2D eigenvalue weighted by Gasteiger charge is 1.93. The van der Waals surface area contributed by atoms with Crippen LogP contribution in [0.15, 0.2) is 18.7 Å². The number of ether oxygens (including phenoxy) is 2. The Morgan fingerprint density at radius 3 is 2.71 bits per heavy atom. The number of nitrogens with one attached hydrogen (secondary N) is 1. The van der Waals surface area contributed by atoms with Crippen LogP contribution in [0.5, 0.6) is 0 Å². The van der Waals surface area contributed by atoms with Crippen molar-refractivity contribution in [2.24, 2.45) is 0 Å². The molecule has 0 spiro atoms. The Kier molecular flexibility index (Phi) is 8.72. The van der Waals surface area contributed by atoms with E-state index in [4.69, 9.17) is 5.11 Å². The number of imidazole rings is 1. The average Bonchev–Trinajstić information content (AvgIpc) is 2.70. The number of aromatic amines is 1. The van der Waals surface area contributed by atoms with Gasteiger partial charge in [-0.2, -0.15) is 0 Å². The maximum atomic E-state index is 9.80. The smallest absolute Gasteiger partial charge is 0.329 e. The van der Waals surface area contributed by atoms with E-state index in [9.17, 15) is 4.79 Å². The summed E-state index contributed by atoms with van der Waals surface area (Å²) in [5.41, 5.74) is 0. The maximum Gasteiger partial charge on any atom is 0.329 e. The van der Waals surface area contributed by atoms with E-state index < -0.39 is 5.97 Å². The van der Waals surface area contributed by atoms with Crippen LogP contribution >= 0.6 is 0 Å². The van der Waals surface area contributed by atoms with Crippen molar-refractivity contribution in [3.8, 4) is 0 Å². The van der Waals surface area contributed by atoms with Gasteiger partial charge in [-0.05, 0) is 0 Å². The third kappa shape index (κ3) is 10.6. The Morgan fingerprint density at radius 1 is 1.57 bits per heavy atom. The first kappa shape index (κ1) is 12.6. The topological polar surface area (TPSA) is 84.4 Å². The van der Waals surface area contributed by atoms with Crippen LogP contribution in [0.4, 0.5) is 0 Å². The second-order valence-electron chi connectivity index (χ2n) is 2.20. The molecule has 0 saturated carbocycles. The van der Waals surface area contributed by atoms with Crippen LogP contribution in [-0.2, 0) is 14.3 Å². The Balaban J connectivity index is 0.000000280. The van der Waals surface area contributed by atoms with Crippen LogP contribution in [0.1, 0.15) is 0 Å². The number of carboxylic acids is 1. The third-order valence-electron chi connectivity index (χ3n) is 1.06. The van der Waals surface area contributed by atoms with Crippen molar-refractivity contribution >= 4 is 5.97 Å². The predicted molar refractivity (Wildman–Crippen MR) is 48.9 cm³/mol. The molecule has 0 unspecified atom stereocenters. The van der Waals surface area contributed by atoms with Crippen LogP contribution in [0.2, 0.25) is 0 Å². The first-order valence-electron chi connectivity index (χ1n) is 3.98. The molecule has 14 heavy (non-hydrogen) atoms. The fourth-order valence-electron chi connectivity index (χ4n) is 0.517. The number of rotatable bonds is 5. The molecule has 1 aromatic rings. The first-order chi connectivity index (χ1) is 6.77. The number of carbonyl (C=O) groups is 1. The molecule has 2 N–H and O–H groups in total. The Morgan fingerprint density at radius 2 is 2.36 bits per heavy atom. The van der Waals surface area contributed by atoms with E-state index in [2.05, 4.69) is 19.4 Å². The number of H-pyrrole nitrogens is 1. The van der Waals surface area contributed by atoms with E-state index in [1.165, 1.54) is 7.11 Å². The second kappa shape index (κ2) is 9.69. The predicted octanol–water partition coefficient (Wildman–Crippen LogP) is 0.144. The summed E-state index contributed by atoms with van der Waals surface area (Å²) < 4.78 is 9.22. The minimum atomic E-state index is -0.953. The van der Waals surface area contributed by atoms with Crippen molar-refractivity contribution in [1.82, 2.24) is 9.97 Å². The molecule has 1 heterocycles. The molecule has 0 radical (unpaired) electrons. The zero-order chi connectivity index (χ0) is 10.6. The largest absolute Gasteiger partial charge is 0.480 e. The molecule has 0 saturated heterocycles. The van der Waals surface area contributed by atoms with Gasteiger partial charge in [-0.1, -0.05) is 0 Å². The van der Waals surface area contributed by atoms with Crippen LogP contribution in [0, 0.1) is 0 Å². The Hall–Kier alpha value is -1.40. The quantitative estimate of drug-likeness (QED) is 0.663. The summed E-state index contributed by atoms with van der Waals surface area (Å²) in [5, 5.41) is 8.05. The summed E-state index contributed by atoms with van der Waals surface area (Å²) in [6, 6.07) is 0. The normalized spacial score (nSPS) is 8.93. The zero-order valence-corrected chi connectivity index (χ0v) is 7.97. The van der Waals surface area contributed by atoms with Crippen molar-refractivity contribution in [3.05, 3.63) is 18.7 Å². The van der Waals surface area contributed by atoms with Gasteiger partial charge in [-0.3, -0.25) is 0 Å². The summed E-state index contributed by atoms with van der Waals surface area (Å²) in [4.78, 5) is 16.2. The summed E-state index contributed by atoms with van der Waals surface area (Å²) >= 11 is 0. The molecule has 0 aliphatic rings. The van der Waals surface area contributed by atoms with Gasteiger partial charge in [0.25, 0.3) is 0 Å². The number of hydrogen-bond donors (Lipinski definition) is 2. The lowest BCUT2D eigenvalue weighted by Gasteiger charge is -1.97. The highest BCUT2D eigenvalue weighted by Crippen LogP contribution is 1.74. The number of nitrogens with zero attached hydrogens (tertiary/aromatic N) is 1. The molecule has 0 bridgehead atoms. The van der Waals surface area contributed by atoms with Crippen molar-refractivity contribution < 1.29 is 19.4 Å². The van der Waals surface area contributed by atoms with Crippen molar-refractivity contribution in [2.75, 3.05) is 26.9 Å². The summed E-state index contributed by atoms with van der Waals surface area (Å²) in [7, 11) is 1.53. The fourth-order valence-corrected chi connectivity index (χ4v) is 0.517. The van der Waals surface area contributed by atoms with E-state index in [1.54, 1.807) is 18.7 Å². The van der Waals surface area contributed by atoms with Crippen LogP contribution in [0.3, 0.4) is 0 Å². The maximum absolute atomic E-state index is 9.80. The molecular formula is C8H14N2O4. The van der Waals surface area contributed by atoms with Gasteiger partial charge in [0.2, 0.25) is 0 Å². The standard InChI is InChI=1S/C5H10O4.C3H4N2/c1-8-2-3-9-4-5(6)7;1-2-5-3-4-1/h2-4H2,1H3,(H,6,7);1-3H,(H,4,5). The zero-order valence-electron chi connectivity index (χ0n) is 7.97. The molecule has 0 fully saturated rings. The first-order valence-corrected chi connectivity index (χ1v) is 3.98. The number of methoxy groups -OCH3 is 1. The van der Waals surface area contributed by atoms with Gasteiger partial charge in [0.05, 0.1) is 19.5 Å². The van der Waals surface area contributed by atoms with Gasteiger partial charge in [-0.25, -0.2) is 9.78 Å². The molecule has 0 atom stereocenters. The van der Waals surface area contributed by atoms with Crippen molar-refractivity contribution in [2.45, 2.75) is 0 Å². The highest BCUT2D eigenvalue weighted by molar-refractivity contribution is 5.67. The van der Waals surface area contributed by atoms with Crippen LogP contribution in [0.25, 0.3) is 0 Å². The Labute approximate surface area is 81.9 Å². The molecule has 0 aliphatic carbocycles. The van der Waals surface area contributed by atoms with Crippen LogP contribution in [-0.4, -0.2) is 48.0 Å². The number of aromatic nitrogens is 2. The SMILES string of the molecule is COCCOCC(=O)O.c1c[nH]cn1. The highest BCUT2D eigenvalue weighted by atomic mass is 16.5. The van der Waals surface area contributed by atoms with Crippen molar-refractivity contribution in [1.29, 1.82) is 0 Å². The van der Waals surface area contributed by atoms with E-state index in [1.807, 2.05) is 0 Å². The lowest BCUT2D eigenvalue weighted by atomic mass is 10.7. The second-order valence-corrected chi connectivity index (χ2v) is 2.20. The van der Waals surface area contributed by atoms with Crippen molar-refractivity contribution in [3.63, 3.8) is 0 Å². The number of aliphatic carboxylic acids is 1. The monoisotopic (exact) mass is 202 g/mol. The summed E-state index contributed by atoms with van der Waals surface area (Å²) in [6.45, 7) is 0.527. The number of carboxylic acid groups (broad SMARTS) is 1. The fraction of sp³-hybridized carbons (Fsp3) is 0.500. The van der Waals surface area contributed by atoms with E-state index >= 15 is 0 Å². The molecule has 80 valence electrons. The summed E-state index contributed by atoms with van der Waals surface area (Å²) in [5.74, 6) is -0.953. The van der Waals surface area contributed by atoms with Gasteiger partial charge in [0.15, 0.2) is 0 Å². The molecule has 6 nitrogen and oxygen atoms in total. The lowest BCUT2D eigenvalue weighted by molar-refractivity contribution is -0.142. The minimum absolute atomic E-state index is 0.247. The van der Waals surface area contributed by atoms with Gasteiger partial charge in [0, 0.05) is 19.5 Å². The van der Waals surface area contributed by atoms with E-state index in [0.717, 1.165) is 0 Å².